The van der Waals surface area contributed by atoms with Crippen LogP contribution in [0.3, 0.4) is 0 Å². The molecule has 6 N–H and O–H groups in total. The molecule has 0 saturated heterocycles. The largest absolute Gasteiger partial charge is 0.379 e. The Morgan fingerprint density at radius 3 is 2.26 bits per heavy atom. The highest BCUT2D eigenvalue weighted by Gasteiger charge is 2.09. The molecule has 7 heteroatoms. The molecule has 0 radical (unpaired) electrons. The van der Waals surface area contributed by atoms with Gasteiger partial charge in [-0.15, -0.1) is 0 Å². The Hall–Kier alpha value is -2.83. The zero-order chi connectivity index (χ0) is 13.8. The van der Waals surface area contributed by atoms with Crippen molar-refractivity contribution in [1.82, 2.24) is 10.2 Å². The maximum absolute atomic E-state index is 11.2. The van der Waals surface area contributed by atoms with Gasteiger partial charge < -0.3 is 16.8 Å². The molecule has 0 aliphatic heterocycles. The summed E-state index contributed by atoms with van der Waals surface area (Å²) in [7, 11) is 0. The molecule has 0 aliphatic carbocycles. The van der Waals surface area contributed by atoms with E-state index in [1.165, 1.54) is 6.07 Å². The number of carbonyl (C=O) groups is 2. The van der Waals surface area contributed by atoms with Gasteiger partial charge in [0.05, 0.1) is 12.2 Å². The van der Waals surface area contributed by atoms with E-state index in [1.807, 2.05) is 0 Å². The molecular formula is C12H13N5O2. The zero-order valence-electron chi connectivity index (χ0n) is 10.0. The first-order chi connectivity index (χ1) is 9.06. The van der Waals surface area contributed by atoms with Gasteiger partial charge in [-0.05, 0) is 24.3 Å². The molecule has 0 saturated carbocycles. The molecule has 0 fully saturated rings. The molecule has 0 unspecified atom stereocenters. The molecule has 1 heterocycles. The van der Waals surface area contributed by atoms with Gasteiger partial charge in [-0.1, -0.05) is 0 Å². The summed E-state index contributed by atoms with van der Waals surface area (Å²) >= 11 is 0. The molecule has 2 amide bonds. The summed E-state index contributed by atoms with van der Waals surface area (Å²) in [5, 5.41) is 9.65. The number of carbonyl (C=O) groups excluding carboxylic acids is 2. The second-order valence-electron chi connectivity index (χ2n) is 3.96. The van der Waals surface area contributed by atoms with E-state index in [9.17, 15) is 9.59 Å². The third kappa shape index (κ3) is 3.09. The minimum Gasteiger partial charge on any atom is -0.379 e. The molecule has 2 rings (SSSR count). The third-order valence-electron chi connectivity index (χ3n) is 2.54. The van der Waals surface area contributed by atoms with Crippen LogP contribution in [0.25, 0.3) is 0 Å². The first kappa shape index (κ1) is 12.6. The second-order valence-corrected chi connectivity index (χ2v) is 3.96. The van der Waals surface area contributed by atoms with Gasteiger partial charge in [-0.25, -0.2) is 0 Å². The van der Waals surface area contributed by atoms with Crippen LogP contribution in [0, 0.1) is 0 Å². The van der Waals surface area contributed by atoms with Crippen LogP contribution in [0.2, 0.25) is 0 Å². The van der Waals surface area contributed by atoms with Crippen molar-refractivity contribution in [1.29, 1.82) is 0 Å². The average Bonchev–Trinajstić information content (AvgIpc) is 2.89. The number of hydrogen-bond donors (Lipinski definition) is 4. The third-order valence-corrected chi connectivity index (χ3v) is 2.54. The van der Waals surface area contributed by atoms with Gasteiger partial charge in [0.2, 0.25) is 11.8 Å². The first-order valence-corrected chi connectivity index (χ1v) is 5.53. The standard InChI is InChI=1S/C12H13N5O2/c13-11(18)7-3-8(12(14)19)5-10(4-7)15-6-9-1-2-16-17-9/h1-5,15H,6H2,(H2,13,18)(H2,14,19)(H,16,17). The molecule has 0 aliphatic rings. The number of anilines is 1. The van der Waals surface area contributed by atoms with E-state index in [1.54, 1.807) is 24.4 Å². The topological polar surface area (TPSA) is 127 Å². The second kappa shape index (κ2) is 5.21. The Labute approximate surface area is 109 Å². The van der Waals surface area contributed by atoms with E-state index < -0.39 is 11.8 Å². The number of nitrogens with one attached hydrogen (secondary N) is 2. The molecule has 1 aromatic heterocycles. The van der Waals surface area contributed by atoms with Gasteiger partial charge in [-0.3, -0.25) is 14.7 Å². The van der Waals surface area contributed by atoms with E-state index in [0.717, 1.165) is 5.69 Å². The lowest BCUT2D eigenvalue weighted by Crippen LogP contribution is -2.16. The van der Waals surface area contributed by atoms with Crippen LogP contribution < -0.4 is 16.8 Å². The fourth-order valence-corrected chi connectivity index (χ4v) is 1.59. The van der Waals surface area contributed by atoms with E-state index in [0.29, 0.717) is 12.2 Å². The highest BCUT2D eigenvalue weighted by atomic mass is 16.1. The van der Waals surface area contributed by atoms with Crippen LogP contribution in [0.4, 0.5) is 5.69 Å². The Bertz CT molecular complexity index is 574. The summed E-state index contributed by atoms with van der Waals surface area (Å²) in [6, 6.07) is 6.29. The molecule has 0 bridgehead atoms. The van der Waals surface area contributed by atoms with E-state index in [2.05, 4.69) is 15.5 Å². The van der Waals surface area contributed by atoms with Crippen molar-refractivity contribution in [2.24, 2.45) is 11.5 Å². The van der Waals surface area contributed by atoms with E-state index >= 15 is 0 Å². The first-order valence-electron chi connectivity index (χ1n) is 5.53. The van der Waals surface area contributed by atoms with Gasteiger partial charge >= 0.3 is 0 Å². The Morgan fingerprint density at radius 2 is 1.79 bits per heavy atom. The monoisotopic (exact) mass is 259 g/mol. The lowest BCUT2D eigenvalue weighted by molar-refractivity contribution is 0.0999. The molecule has 19 heavy (non-hydrogen) atoms. The molecule has 7 nitrogen and oxygen atoms in total. The molecule has 98 valence electrons. The lowest BCUT2D eigenvalue weighted by Gasteiger charge is -2.08. The van der Waals surface area contributed by atoms with Crippen molar-refractivity contribution in [2.75, 3.05) is 5.32 Å². The van der Waals surface area contributed by atoms with Crippen molar-refractivity contribution in [3.8, 4) is 0 Å². The van der Waals surface area contributed by atoms with Crippen molar-refractivity contribution >= 4 is 17.5 Å². The van der Waals surface area contributed by atoms with Gasteiger partial charge in [0.1, 0.15) is 0 Å². The highest BCUT2D eigenvalue weighted by molar-refractivity contribution is 5.99. The normalized spacial score (nSPS) is 10.1. The van der Waals surface area contributed by atoms with Crippen molar-refractivity contribution in [3.63, 3.8) is 0 Å². The van der Waals surface area contributed by atoms with Gasteiger partial charge in [0, 0.05) is 23.0 Å². The summed E-state index contributed by atoms with van der Waals surface area (Å²) in [5.41, 5.74) is 12.3. The minimum atomic E-state index is -0.618. The SMILES string of the molecule is NC(=O)c1cc(NCc2ccn[nH]2)cc(C(N)=O)c1. The predicted molar refractivity (Wildman–Crippen MR) is 69.4 cm³/mol. The summed E-state index contributed by atoms with van der Waals surface area (Å²) in [6.45, 7) is 0.473. The number of H-pyrrole nitrogens is 1. The fourth-order valence-electron chi connectivity index (χ4n) is 1.59. The van der Waals surface area contributed by atoms with Crippen LogP contribution in [-0.4, -0.2) is 22.0 Å². The number of amides is 2. The quantitative estimate of drug-likeness (QED) is 0.612. The molecular weight excluding hydrogens is 246 g/mol. The number of benzene rings is 1. The van der Waals surface area contributed by atoms with Crippen LogP contribution in [0.1, 0.15) is 26.4 Å². The summed E-state index contributed by atoms with van der Waals surface area (Å²) in [4.78, 5) is 22.4. The number of nitrogens with two attached hydrogens (primary N) is 2. The maximum atomic E-state index is 11.2. The number of nitrogens with zero attached hydrogens (tertiary/aromatic N) is 1. The minimum absolute atomic E-state index is 0.225. The number of hydrogen-bond acceptors (Lipinski definition) is 4. The maximum Gasteiger partial charge on any atom is 0.248 e. The average molecular weight is 259 g/mol. The van der Waals surface area contributed by atoms with E-state index in [4.69, 9.17) is 11.5 Å². The predicted octanol–water partition coefficient (Wildman–Crippen LogP) is 0.220. The highest BCUT2D eigenvalue weighted by Crippen LogP contribution is 2.15. The molecule has 0 atom stereocenters. The zero-order valence-corrected chi connectivity index (χ0v) is 10.0. The Balaban J connectivity index is 2.23. The number of aromatic amines is 1. The van der Waals surface area contributed by atoms with Crippen LogP contribution in [-0.2, 0) is 6.54 Å². The van der Waals surface area contributed by atoms with Gasteiger partial charge in [0.25, 0.3) is 0 Å². The van der Waals surface area contributed by atoms with Crippen molar-refractivity contribution in [3.05, 3.63) is 47.3 Å². The molecule has 2 aromatic rings. The smallest absolute Gasteiger partial charge is 0.248 e. The number of rotatable bonds is 5. The molecule has 1 aromatic carbocycles. The summed E-state index contributed by atoms with van der Waals surface area (Å²) in [5.74, 6) is -1.24. The fraction of sp³-hybridized carbons (Fsp3) is 0.0833. The van der Waals surface area contributed by atoms with E-state index in [-0.39, 0.29) is 11.1 Å². The van der Waals surface area contributed by atoms with Crippen molar-refractivity contribution < 1.29 is 9.59 Å². The number of aromatic nitrogens is 2. The van der Waals surface area contributed by atoms with Crippen LogP contribution in [0.15, 0.2) is 30.5 Å². The summed E-state index contributed by atoms with van der Waals surface area (Å²) in [6.07, 6.45) is 1.63. The number of primary amides is 2. The Kier molecular flexibility index (Phi) is 3.46. The molecule has 0 spiro atoms. The lowest BCUT2D eigenvalue weighted by atomic mass is 10.1. The van der Waals surface area contributed by atoms with Crippen LogP contribution in [0.5, 0.6) is 0 Å². The van der Waals surface area contributed by atoms with Gasteiger partial charge in [0.15, 0.2) is 0 Å². The van der Waals surface area contributed by atoms with Gasteiger partial charge in [-0.2, -0.15) is 5.10 Å². The Morgan fingerprint density at radius 1 is 1.16 bits per heavy atom. The van der Waals surface area contributed by atoms with Crippen LogP contribution >= 0.6 is 0 Å². The summed E-state index contributed by atoms with van der Waals surface area (Å²) < 4.78 is 0. The van der Waals surface area contributed by atoms with Crippen molar-refractivity contribution in [2.45, 2.75) is 6.54 Å².